The van der Waals surface area contributed by atoms with E-state index in [-0.39, 0.29) is 11.5 Å². The van der Waals surface area contributed by atoms with Crippen molar-refractivity contribution in [3.8, 4) is 11.1 Å². The van der Waals surface area contributed by atoms with Crippen LogP contribution in [-0.2, 0) is 16.1 Å². The Morgan fingerprint density at radius 3 is 2.24 bits per heavy atom. The molecule has 2 amide bonds. The summed E-state index contributed by atoms with van der Waals surface area (Å²) in [6, 6.07) is 20.6. The third-order valence-electron chi connectivity index (χ3n) is 8.82. The van der Waals surface area contributed by atoms with E-state index >= 15 is 0 Å². The van der Waals surface area contributed by atoms with Crippen molar-refractivity contribution in [1.82, 2.24) is 14.8 Å². The average Bonchev–Trinajstić information content (AvgIpc) is 3.45. The van der Waals surface area contributed by atoms with Crippen LogP contribution < -0.4 is 10.7 Å². The molecule has 3 atom stereocenters. The number of carboxylic acid groups (broad SMARTS) is 1. The van der Waals surface area contributed by atoms with Crippen LogP contribution in [0.2, 0.25) is 0 Å². The summed E-state index contributed by atoms with van der Waals surface area (Å²) in [5.41, 5.74) is 5.94. The van der Waals surface area contributed by atoms with Crippen LogP contribution in [0, 0.1) is 0 Å². The zero-order chi connectivity index (χ0) is 29.5. The number of aryl methyl sites for hydroxylation is 1. The second kappa shape index (κ2) is 9.32. The normalized spacial score (nSPS) is 21.9. The zero-order valence-corrected chi connectivity index (χ0v) is 24.1. The molecule has 0 saturated carbocycles. The van der Waals surface area contributed by atoms with Gasteiger partial charge in [0.15, 0.2) is 0 Å². The van der Waals surface area contributed by atoms with Crippen molar-refractivity contribution < 1.29 is 19.5 Å². The number of thioether (sulfide) groups is 1. The number of hydrogen-bond acceptors (Lipinski definition) is 5. The quantitative estimate of drug-likeness (QED) is 0.299. The van der Waals surface area contributed by atoms with Gasteiger partial charge in [0.1, 0.15) is 23.0 Å². The van der Waals surface area contributed by atoms with E-state index in [4.69, 9.17) is 0 Å². The minimum absolute atomic E-state index is 0.0442. The first kappa shape index (κ1) is 26.5. The van der Waals surface area contributed by atoms with Gasteiger partial charge in [0.2, 0.25) is 11.3 Å². The van der Waals surface area contributed by atoms with E-state index in [0.29, 0.717) is 11.9 Å². The number of pyridine rings is 1. The number of β-lactam (4-membered cyclic amide) rings is 1. The van der Waals surface area contributed by atoms with Crippen LogP contribution in [0.4, 0.5) is 0 Å². The molecule has 0 bridgehead atoms. The number of hydrogen-bond donors (Lipinski definition) is 2. The molecule has 4 aromatic rings. The molecule has 2 N–H and O–H groups in total. The number of aliphatic carboxylic acids is 1. The molecular weight excluding hydrogens is 550 g/mol. The number of benzene rings is 3. The smallest absolute Gasteiger partial charge is 0.327 e. The molecule has 3 heterocycles. The van der Waals surface area contributed by atoms with Gasteiger partial charge >= 0.3 is 5.97 Å². The molecule has 7 rings (SSSR count). The topological polar surface area (TPSA) is 109 Å². The van der Waals surface area contributed by atoms with Crippen molar-refractivity contribution in [3.05, 3.63) is 105 Å². The summed E-state index contributed by atoms with van der Waals surface area (Å²) in [7, 11) is 0. The Bertz CT molecular complexity index is 1850. The second-order valence-corrected chi connectivity index (χ2v) is 13.4. The van der Waals surface area contributed by atoms with Gasteiger partial charge in [0.05, 0.1) is 5.52 Å². The van der Waals surface area contributed by atoms with Crippen LogP contribution in [0.1, 0.15) is 53.7 Å². The summed E-state index contributed by atoms with van der Waals surface area (Å²) in [6.45, 7) is 6.04. The highest BCUT2D eigenvalue weighted by molar-refractivity contribution is 8.01. The van der Waals surface area contributed by atoms with Crippen LogP contribution in [0.3, 0.4) is 0 Å². The van der Waals surface area contributed by atoms with E-state index < -0.39 is 45.4 Å². The Hall–Kier alpha value is -4.37. The molecule has 8 nitrogen and oxygen atoms in total. The molecule has 0 radical (unpaired) electrons. The van der Waals surface area contributed by atoms with Crippen LogP contribution in [0.5, 0.6) is 0 Å². The second-order valence-electron chi connectivity index (χ2n) is 11.6. The van der Waals surface area contributed by atoms with Crippen molar-refractivity contribution in [2.75, 3.05) is 0 Å². The number of nitrogens with one attached hydrogen (secondary N) is 1. The van der Waals surface area contributed by atoms with Crippen molar-refractivity contribution in [1.29, 1.82) is 0 Å². The molecule has 2 aliphatic heterocycles. The maximum Gasteiger partial charge on any atom is 0.327 e. The van der Waals surface area contributed by atoms with Crippen molar-refractivity contribution in [2.24, 2.45) is 0 Å². The van der Waals surface area contributed by atoms with Crippen LogP contribution in [0.25, 0.3) is 22.0 Å². The number of amides is 2. The van der Waals surface area contributed by atoms with Gasteiger partial charge in [-0.2, -0.15) is 0 Å². The Kier molecular flexibility index (Phi) is 5.89. The average molecular weight is 580 g/mol. The van der Waals surface area contributed by atoms with Gasteiger partial charge in [-0.3, -0.25) is 14.4 Å². The summed E-state index contributed by atoms with van der Waals surface area (Å²) in [4.78, 5) is 53.6. The predicted octanol–water partition coefficient (Wildman–Crippen LogP) is 4.43. The van der Waals surface area contributed by atoms with Gasteiger partial charge in [-0.05, 0) is 60.7 Å². The molecule has 1 aliphatic carbocycles. The van der Waals surface area contributed by atoms with Gasteiger partial charge < -0.3 is 19.9 Å². The SMILES string of the molecule is CCn1cc(C(=O)NC2C(=O)N3C2SC(C)(C)C3C(=O)O)c(=O)c2cc(C3c4ccccc4-c4ccccc43)ccc21. The maximum absolute atomic E-state index is 13.9. The van der Waals surface area contributed by atoms with E-state index in [0.717, 1.165) is 11.1 Å². The summed E-state index contributed by atoms with van der Waals surface area (Å²) in [6.07, 6.45) is 1.55. The van der Waals surface area contributed by atoms with E-state index in [9.17, 15) is 24.3 Å². The number of rotatable bonds is 5. The molecular formula is C33H29N3O5S. The first-order valence-corrected chi connectivity index (χ1v) is 14.9. The number of aromatic nitrogens is 1. The van der Waals surface area contributed by atoms with Gasteiger partial charge in [-0.25, -0.2) is 4.79 Å². The number of carbonyl (C=O) groups excluding carboxylic acids is 2. The highest BCUT2D eigenvalue weighted by Gasteiger charge is 2.64. The van der Waals surface area contributed by atoms with Crippen LogP contribution in [0.15, 0.2) is 77.7 Å². The molecule has 2 fully saturated rings. The molecule has 2 saturated heterocycles. The molecule has 0 spiro atoms. The van der Waals surface area contributed by atoms with E-state index in [1.165, 1.54) is 38.9 Å². The fourth-order valence-electron chi connectivity index (χ4n) is 6.90. The molecule has 1 aromatic heterocycles. The van der Waals surface area contributed by atoms with Gasteiger partial charge in [0.25, 0.3) is 5.91 Å². The number of carbonyl (C=O) groups is 3. The fourth-order valence-corrected chi connectivity index (χ4v) is 8.52. The van der Waals surface area contributed by atoms with E-state index in [2.05, 4.69) is 35.6 Å². The summed E-state index contributed by atoms with van der Waals surface area (Å²) in [5.74, 6) is -2.20. The third kappa shape index (κ3) is 3.69. The number of carboxylic acids is 1. The zero-order valence-electron chi connectivity index (χ0n) is 23.3. The number of fused-ring (bicyclic) bond motifs is 5. The molecule has 212 valence electrons. The number of nitrogens with zero attached hydrogens (tertiary/aromatic N) is 2. The lowest BCUT2D eigenvalue weighted by atomic mass is 9.88. The summed E-state index contributed by atoms with van der Waals surface area (Å²) in [5, 5.41) is 12.4. The standard InChI is InChI=1S/C33H29N3O5S/c1-4-35-16-23(29(38)34-26-30(39)36-28(32(40)41)33(2,3)42-31(26)36)27(37)22-15-17(13-14-24(22)35)25-20-11-7-5-9-18(20)19-10-6-8-12-21(19)25/h5-16,25-26,28,31H,4H2,1-3H3,(H,34,38)(H,40,41). The first-order chi connectivity index (χ1) is 20.1. The third-order valence-corrected chi connectivity index (χ3v) is 10.4. The predicted molar refractivity (Wildman–Crippen MR) is 162 cm³/mol. The van der Waals surface area contributed by atoms with E-state index in [1.54, 1.807) is 20.0 Å². The van der Waals surface area contributed by atoms with Crippen LogP contribution in [-0.4, -0.2) is 54.6 Å². The van der Waals surface area contributed by atoms with E-state index in [1.807, 2.05) is 47.9 Å². The maximum atomic E-state index is 13.9. The summed E-state index contributed by atoms with van der Waals surface area (Å²) >= 11 is 1.35. The minimum Gasteiger partial charge on any atom is -0.480 e. The molecule has 9 heteroatoms. The molecule has 3 aromatic carbocycles. The van der Waals surface area contributed by atoms with Gasteiger partial charge in [-0.1, -0.05) is 54.6 Å². The van der Waals surface area contributed by atoms with Crippen LogP contribution >= 0.6 is 11.8 Å². The van der Waals surface area contributed by atoms with Crippen molar-refractivity contribution in [2.45, 2.75) is 55.4 Å². The minimum atomic E-state index is -1.07. The largest absolute Gasteiger partial charge is 0.480 e. The van der Waals surface area contributed by atoms with Crippen molar-refractivity contribution >= 4 is 40.4 Å². The Morgan fingerprint density at radius 2 is 1.62 bits per heavy atom. The Labute approximate surface area is 246 Å². The lowest BCUT2D eigenvalue weighted by Crippen LogP contribution is -2.70. The lowest BCUT2D eigenvalue weighted by Gasteiger charge is -2.43. The Balaban J connectivity index is 1.26. The van der Waals surface area contributed by atoms with Gasteiger partial charge in [0, 0.05) is 28.8 Å². The highest BCUT2D eigenvalue weighted by Crippen LogP contribution is 2.51. The monoisotopic (exact) mass is 579 g/mol. The van der Waals surface area contributed by atoms with Gasteiger partial charge in [-0.15, -0.1) is 11.8 Å². The summed E-state index contributed by atoms with van der Waals surface area (Å²) < 4.78 is 1.16. The van der Waals surface area contributed by atoms with Crippen molar-refractivity contribution in [3.63, 3.8) is 0 Å². The molecule has 3 unspecified atom stereocenters. The first-order valence-electron chi connectivity index (χ1n) is 14.0. The molecule has 3 aliphatic rings. The Morgan fingerprint density at radius 1 is 0.976 bits per heavy atom. The highest BCUT2D eigenvalue weighted by atomic mass is 32.2. The molecule has 42 heavy (non-hydrogen) atoms. The lowest BCUT2D eigenvalue weighted by molar-refractivity contribution is -0.159. The fraction of sp³-hybridized carbons (Fsp3) is 0.273.